The Morgan fingerprint density at radius 3 is 2.65 bits per heavy atom. The number of fused-ring (bicyclic) bond motifs is 2. The third-order valence-electron chi connectivity index (χ3n) is 6.84. The molecule has 6 nitrogen and oxygen atoms in total. The molecule has 0 spiro atoms. The second-order valence-corrected chi connectivity index (χ2v) is 8.86. The lowest BCUT2D eigenvalue weighted by molar-refractivity contribution is -0.127. The molecule has 3 heterocycles. The maximum absolute atomic E-state index is 13.9. The second-order valence-electron chi connectivity index (χ2n) is 8.86. The molecule has 1 N–H and O–H groups in total. The molecule has 2 saturated heterocycles. The van der Waals surface area contributed by atoms with Crippen LogP contribution in [0.15, 0.2) is 54.6 Å². The van der Waals surface area contributed by atoms with Crippen molar-refractivity contribution in [1.82, 2.24) is 10.3 Å². The summed E-state index contributed by atoms with van der Waals surface area (Å²) in [5.74, 6) is -0.268. The van der Waals surface area contributed by atoms with Crippen LogP contribution in [-0.2, 0) is 16.0 Å². The Morgan fingerprint density at radius 2 is 1.84 bits per heavy atom. The first kappa shape index (κ1) is 20.2. The number of nitrogens with zero attached hydrogens (tertiary/aromatic N) is 3. The van der Waals surface area contributed by atoms with Crippen LogP contribution in [0.4, 0.5) is 11.4 Å². The molecule has 6 heteroatoms. The highest BCUT2D eigenvalue weighted by atomic mass is 16.2. The number of anilines is 2. The fourth-order valence-electron chi connectivity index (χ4n) is 5.40. The molecule has 2 aromatic carbocycles. The van der Waals surface area contributed by atoms with Crippen LogP contribution in [0.3, 0.4) is 0 Å². The van der Waals surface area contributed by atoms with Crippen LogP contribution in [0.25, 0.3) is 0 Å². The zero-order valence-electron chi connectivity index (χ0n) is 18.0. The van der Waals surface area contributed by atoms with Crippen LogP contribution in [0.5, 0.6) is 0 Å². The molecule has 162 valence electrons. The quantitative estimate of drug-likeness (QED) is 0.830. The number of likely N-dealkylation sites (tertiary alicyclic amines) is 1. The van der Waals surface area contributed by atoms with Crippen LogP contribution in [0.1, 0.15) is 25.3 Å². The smallest absolute Gasteiger partial charge is 0.247 e. The molecule has 0 bridgehead atoms. The van der Waals surface area contributed by atoms with Crippen molar-refractivity contribution >= 4 is 23.2 Å². The van der Waals surface area contributed by atoms with Gasteiger partial charge in [0.1, 0.15) is 0 Å². The molecule has 0 saturated carbocycles. The minimum Gasteiger partial charge on any atom is -0.312 e. The van der Waals surface area contributed by atoms with E-state index in [1.807, 2.05) is 47.4 Å². The molecule has 0 radical (unpaired) electrons. The van der Waals surface area contributed by atoms with E-state index in [-0.39, 0.29) is 29.7 Å². The average molecular weight is 419 g/mol. The molecular weight excluding hydrogens is 388 g/mol. The lowest BCUT2D eigenvalue weighted by Crippen LogP contribution is -2.58. The second kappa shape index (κ2) is 8.44. The van der Waals surface area contributed by atoms with Gasteiger partial charge in [-0.25, -0.2) is 10.4 Å². The maximum Gasteiger partial charge on any atom is 0.247 e. The van der Waals surface area contributed by atoms with Gasteiger partial charge in [0.05, 0.1) is 23.6 Å². The Balaban J connectivity index is 1.46. The van der Waals surface area contributed by atoms with Gasteiger partial charge in [-0.2, -0.15) is 0 Å². The van der Waals surface area contributed by atoms with Crippen molar-refractivity contribution in [2.75, 3.05) is 36.1 Å². The van der Waals surface area contributed by atoms with Gasteiger partial charge >= 0.3 is 0 Å². The van der Waals surface area contributed by atoms with Crippen LogP contribution >= 0.6 is 0 Å². The number of carbonyl (C=O) groups excluding carboxylic acids is 2. The number of aryl methyl sites for hydroxylation is 1. The van der Waals surface area contributed by atoms with Gasteiger partial charge in [0.25, 0.3) is 0 Å². The Morgan fingerprint density at radius 1 is 1.06 bits per heavy atom. The summed E-state index contributed by atoms with van der Waals surface area (Å²) in [5, 5.41) is 1.66. The molecule has 3 aliphatic rings. The first-order chi connectivity index (χ1) is 15.2. The summed E-state index contributed by atoms with van der Waals surface area (Å²) in [4.78, 5) is 31.5. The third-order valence-corrected chi connectivity index (χ3v) is 6.84. The van der Waals surface area contributed by atoms with E-state index in [4.69, 9.17) is 0 Å². The van der Waals surface area contributed by atoms with Crippen LogP contribution in [0, 0.1) is 11.8 Å². The molecule has 2 amide bonds. The van der Waals surface area contributed by atoms with E-state index in [1.54, 1.807) is 5.01 Å². The summed E-state index contributed by atoms with van der Waals surface area (Å²) in [6, 6.07) is 17.7. The SMILES string of the molecule is CCCN1CC(C(=O)N2CCCc3ccccc32)C2NN(c3ccccc3)C(=O)C2C1. The molecule has 2 fully saturated rings. The van der Waals surface area contributed by atoms with Crippen molar-refractivity contribution in [2.45, 2.75) is 32.2 Å². The summed E-state index contributed by atoms with van der Waals surface area (Å²) >= 11 is 0. The number of hydrazine groups is 1. The Hall–Kier alpha value is -2.70. The fourth-order valence-corrected chi connectivity index (χ4v) is 5.40. The van der Waals surface area contributed by atoms with E-state index in [9.17, 15) is 9.59 Å². The average Bonchev–Trinajstić information content (AvgIpc) is 3.15. The van der Waals surface area contributed by atoms with E-state index >= 15 is 0 Å². The van der Waals surface area contributed by atoms with E-state index in [0.29, 0.717) is 13.1 Å². The highest BCUT2D eigenvalue weighted by Crippen LogP contribution is 2.35. The summed E-state index contributed by atoms with van der Waals surface area (Å²) in [5.41, 5.74) is 6.53. The highest BCUT2D eigenvalue weighted by molar-refractivity contribution is 6.01. The summed E-state index contributed by atoms with van der Waals surface area (Å²) in [7, 11) is 0. The Labute approximate surface area is 183 Å². The molecule has 3 atom stereocenters. The Kier molecular flexibility index (Phi) is 5.50. The fraction of sp³-hybridized carbons (Fsp3) is 0.440. The minimum absolute atomic E-state index is 0.0637. The van der Waals surface area contributed by atoms with E-state index in [1.165, 1.54) is 5.56 Å². The summed E-state index contributed by atoms with van der Waals surface area (Å²) < 4.78 is 0. The van der Waals surface area contributed by atoms with Gasteiger partial charge in [-0.05, 0) is 49.6 Å². The van der Waals surface area contributed by atoms with Gasteiger partial charge in [-0.15, -0.1) is 0 Å². The molecule has 0 aromatic heterocycles. The number of piperidine rings is 1. The minimum atomic E-state index is -0.255. The van der Waals surface area contributed by atoms with Crippen LogP contribution in [-0.4, -0.2) is 48.9 Å². The molecule has 5 rings (SSSR count). The van der Waals surface area contributed by atoms with Crippen molar-refractivity contribution in [3.8, 4) is 0 Å². The lowest BCUT2D eigenvalue weighted by atomic mass is 9.83. The van der Waals surface area contributed by atoms with Gasteiger partial charge in [0.15, 0.2) is 0 Å². The van der Waals surface area contributed by atoms with E-state index in [2.05, 4.69) is 29.4 Å². The molecular formula is C25H30N4O2. The van der Waals surface area contributed by atoms with Gasteiger partial charge in [-0.3, -0.25) is 9.59 Å². The van der Waals surface area contributed by atoms with Crippen molar-refractivity contribution in [3.63, 3.8) is 0 Å². The van der Waals surface area contributed by atoms with Gasteiger partial charge in [-0.1, -0.05) is 43.3 Å². The van der Waals surface area contributed by atoms with Gasteiger partial charge < -0.3 is 9.80 Å². The monoisotopic (exact) mass is 418 g/mol. The summed E-state index contributed by atoms with van der Waals surface area (Å²) in [6.45, 7) is 5.19. The van der Waals surface area contributed by atoms with Gasteiger partial charge in [0.2, 0.25) is 11.8 Å². The third kappa shape index (κ3) is 3.64. The number of hydrogen-bond donors (Lipinski definition) is 1. The maximum atomic E-state index is 13.9. The molecule has 3 unspecified atom stereocenters. The highest BCUT2D eigenvalue weighted by Gasteiger charge is 2.51. The zero-order chi connectivity index (χ0) is 21.4. The number of carbonyl (C=O) groups is 2. The number of nitrogens with one attached hydrogen (secondary N) is 1. The molecule has 0 aliphatic carbocycles. The topological polar surface area (TPSA) is 55.9 Å². The van der Waals surface area contributed by atoms with E-state index < -0.39 is 0 Å². The van der Waals surface area contributed by atoms with Crippen LogP contribution < -0.4 is 15.3 Å². The van der Waals surface area contributed by atoms with Crippen molar-refractivity contribution in [2.24, 2.45) is 11.8 Å². The number of para-hydroxylation sites is 2. The number of amides is 2. The van der Waals surface area contributed by atoms with Crippen molar-refractivity contribution in [3.05, 3.63) is 60.2 Å². The summed E-state index contributed by atoms with van der Waals surface area (Å²) in [6.07, 6.45) is 3.00. The lowest BCUT2D eigenvalue weighted by Gasteiger charge is -2.41. The Bertz CT molecular complexity index is 963. The number of hydrogen-bond acceptors (Lipinski definition) is 4. The molecule has 2 aromatic rings. The number of benzene rings is 2. The largest absolute Gasteiger partial charge is 0.312 e. The zero-order valence-corrected chi connectivity index (χ0v) is 18.0. The normalized spacial score (nSPS) is 26.0. The van der Waals surface area contributed by atoms with Gasteiger partial charge in [0, 0.05) is 25.3 Å². The first-order valence-corrected chi connectivity index (χ1v) is 11.4. The van der Waals surface area contributed by atoms with Crippen molar-refractivity contribution < 1.29 is 9.59 Å². The number of rotatable bonds is 4. The van der Waals surface area contributed by atoms with E-state index in [0.717, 1.165) is 43.7 Å². The molecule has 31 heavy (non-hydrogen) atoms. The predicted octanol–water partition coefficient (Wildman–Crippen LogP) is 2.84. The van der Waals surface area contributed by atoms with Crippen molar-refractivity contribution in [1.29, 1.82) is 0 Å². The standard InChI is InChI=1S/C25H30N4O2/c1-2-14-27-16-20(24(30)28-15-8-10-18-9-6-7-13-22(18)28)23-21(17-27)25(31)29(26-23)19-11-4-3-5-12-19/h3-7,9,11-13,20-21,23,26H,2,8,10,14-17H2,1H3. The van der Waals surface area contributed by atoms with Crippen LogP contribution in [0.2, 0.25) is 0 Å². The first-order valence-electron chi connectivity index (χ1n) is 11.4. The molecule has 3 aliphatic heterocycles. The predicted molar refractivity (Wildman–Crippen MR) is 122 cm³/mol.